The van der Waals surface area contributed by atoms with Crippen LogP contribution < -0.4 is 9.47 Å². The first-order chi connectivity index (χ1) is 13.8. The lowest BCUT2D eigenvalue weighted by molar-refractivity contribution is -0.276. The van der Waals surface area contributed by atoms with Crippen molar-refractivity contribution in [2.75, 3.05) is 0 Å². The van der Waals surface area contributed by atoms with Crippen LogP contribution in [0.15, 0.2) is 36.4 Å². The van der Waals surface area contributed by atoms with Crippen LogP contribution in [0.2, 0.25) is 0 Å². The van der Waals surface area contributed by atoms with Crippen molar-refractivity contribution in [2.24, 2.45) is 0 Å². The summed E-state index contributed by atoms with van der Waals surface area (Å²) in [7, 11) is 0. The second-order valence-electron chi connectivity index (χ2n) is 5.92. The van der Waals surface area contributed by atoms with Crippen molar-refractivity contribution >= 4 is 0 Å². The number of halogens is 9. The van der Waals surface area contributed by atoms with Gasteiger partial charge >= 0.3 is 12.5 Å². The highest BCUT2D eigenvalue weighted by atomic mass is 19.4. The Labute approximate surface area is 164 Å². The van der Waals surface area contributed by atoms with E-state index < -0.39 is 52.8 Å². The molecule has 11 heteroatoms. The number of rotatable bonds is 7. The highest BCUT2D eigenvalue weighted by Crippen LogP contribution is 2.38. The molecule has 0 saturated carbocycles. The predicted molar refractivity (Wildman–Crippen MR) is 87.1 cm³/mol. The summed E-state index contributed by atoms with van der Waals surface area (Å²) in [5.41, 5.74) is -1.75. The Morgan fingerprint density at radius 3 is 1.80 bits per heavy atom. The Morgan fingerprint density at radius 2 is 1.33 bits per heavy atom. The van der Waals surface area contributed by atoms with Gasteiger partial charge in [0.2, 0.25) is 5.75 Å². The minimum atomic E-state index is -5.45. The lowest BCUT2D eigenvalue weighted by atomic mass is 10.0. The van der Waals surface area contributed by atoms with Crippen molar-refractivity contribution in [2.45, 2.75) is 32.2 Å². The minimum absolute atomic E-state index is 0.0423. The van der Waals surface area contributed by atoms with E-state index in [-0.39, 0.29) is 24.1 Å². The highest BCUT2D eigenvalue weighted by molar-refractivity contribution is 5.36. The van der Waals surface area contributed by atoms with E-state index in [0.29, 0.717) is 18.6 Å². The van der Waals surface area contributed by atoms with Gasteiger partial charge in [0.1, 0.15) is 22.9 Å². The fourth-order valence-corrected chi connectivity index (χ4v) is 2.47. The molecular formula is C19H13F9O2. The average Bonchev–Trinajstić information content (AvgIpc) is 2.56. The Balaban J connectivity index is 2.32. The smallest absolute Gasteiger partial charge is 0.429 e. The molecule has 0 aliphatic heterocycles. The van der Waals surface area contributed by atoms with E-state index in [1.54, 1.807) is 19.1 Å². The van der Waals surface area contributed by atoms with Gasteiger partial charge < -0.3 is 9.47 Å². The number of allylic oxidation sites excluding steroid dienone is 2. The van der Waals surface area contributed by atoms with Gasteiger partial charge in [0, 0.05) is 12.1 Å². The molecule has 0 bridgehead atoms. The van der Waals surface area contributed by atoms with Gasteiger partial charge in [-0.1, -0.05) is 12.2 Å². The van der Waals surface area contributed by atoms with Crippen LogP contribution in [0.25, 0.3) is 0 Å². The zero-order valence-electron chi connectivity index (χ0n) is 15.1. The number of hydrogen-bond acceptors (Lipinski definition) is 2. The summed E-state index contributed by atoms with van der Waals surface area (Å²) in [4.78, 5) is 0. The van der Waals surface area contributed by atoms with E-state index in [4.69, 9.17) is 0 Å². The van der Waals surface area contributed by atoms with Gasteiger partial charge in [-0.3, -0.25) is 0 Å². The molecule has 0 aliphatic carbocycles. The van der Waals surface area contributed by atoms with E-state index in [1.807, 2.05) is 0 Å². The van der Waals surface area contributed by atoms with Crippen LogP contribution in [0, 0.1) is 23.3 Å². The maximum Gasteiger partial charge on any atom is 0.573 e. The lowest BCUT2D eigenvalue weighted by Crippen LogP contribution is -2.25. The summed E-state index contributed by atoms with van der Waals surface area (Å²) in [5, 5.41) is 0. The highest BCUT2D eigenvalue weighted by Gasteiger charge is 2.42. The van der Waals surface area contributed by atoms with Gasteiger partial charge in [-0.25, -0.2) is 17.6 Å². The molecule has 0 radical (unpaired) electrons. The lowest BCUT2D eigenvalue weighted by Gasteiger charge is -2.20. The third kappa shape index (κ3) is 5.83. The quantitative estimate of drug-likeness (QED) is 0.346. The molecule has 2 rings (SSSR count). The SMILES string of the molecule is CC=CCCc1cc(F)c(C(F)(F)Oc2cc(F)c(OC(F)(F)F)c(F)c2)c(F)c1. The zero-order valence-corrected chi connectivity index (χ0v) is 15.1. The van der Waals surface area contributed by atoms with Crippen LogP contribution >= 0.6 is 0 Å². The van der Waals surface area contributed by atoms with Crippen molar-refractivity contribution in [1.29, 1.82) is 0 Å². The number of benzene rings is 2. The minimum Gasteiger partial charge on any atom is -0.429 e. The van der Waals surface area contributed by atoms with Crippen LogP contribution in [0.5, 0.6) is 11.5 Å². The molecular weight excluding hydrogens is 431 g/mol. The molecule has 0 N–H and O–H groups in total. The van der Waals surface area contributed by atoms with E-state index in [2.05, 4.69) is 9.47 Å². The Kier molecular flexibility index (Phi) is 6.94. The summed E-state index contributed by atoms with van der Waals surface area (Å²) in [6.07, 6.45) is -6.26. The maximum atomic E-state index is 14.3. The standard InChI is InChI=1S/C19H13F9O2/c1-2-3-4-5-10-6-12(20)16(13(21)7-10)18(24,25)29-11-8-14(22)17(15(23)9-11)30-19(26,27)28/h2-3,6-9H,4-5H2,1H3. The van der Waals surface area contributed by atoms with Crippen LogP contribution in [0.4, 0.5) is 39.5 Å². The Morgan fingerprint density at radius 1 is 0.800 bits per heavy atom. The largest absolute Gasteiger partial charge is 0.573 e. The normalized spacial score (nSPS) is 12.5. The number of alkyl halides is 5. The molecule has 0 aromatic heterocycles. The summed E-state index contributed by atoms with van der Waals surface area (Å²) < 4.78 is 127. The number of ether oxygens (including phenoxy) is 2. The Bertz CT molecular complexity index is 890. The molecule has 0 unspecified atom stereocenters. The summed E-state index contributed by atoms with van der Waals surface area (Å²) in [6, 6.07) is 1.22. The first kappa shape index (κ1) is 23.4. The molecule has 0 atom stereocenters. The zero-order chi connectivity index (χ0) is 22.7. The molecule has 0 spiro atoms. The molecule has 2 aromatic carbocycles. The first-order valence-electron chi connectivity index (χ1n) is 8.25. The molecule has 0 fully saturated rings. The third-order valence-corrected chi connectivity index (χ3v) is 3.66. The van der Waals surface area contributed by atoms with Crippen molar-refractivity contribution in [3.8, 4) is 11.5 Å². The summed E-state index contributed by atoms with van der Waals surface area (Å²) in [5.74, 6) is -10.6. The van der Waals surface area contributed by atoms with E-state index in [9.17, 15) is 39.5 Å². The number of hydrogen-bond donors (Lipinski definition) is 0. The number of aryl methyl sites for hydroxylation is 1. The Hall–Kier alpha value is -2.85. The van der Waals surface area contributed by atoms with Crippen molar-refractivity contribution in [1.82, 2.24) is 0 Å². The fraction of sp³-hybridized carbons (Fsp3) is 0.263. The molecule has 2 nitrogen and oxygen atoms in total. The second kappa shape index (κ2) is 8.88. The van der Waals surface area contributed by atoms with E-state index in [1.165, 1.54) is 0 Å². The molecule has 0 heterocycles. The third-order valence-electron chi connectivity index (χ3n) is 3.66. The van der Waals surface area contributed by atoms with Crippen LogP contribution in [0.1, 0.15) is 24.5 Å². The van der Waals surface area contributed by atoms with Crippen LogP contribution in [-0.4, -0.2) is 6.36 Å². The van der Waals surface area contributed by atoms with Crippen LogP contribution in [-0.2, 0) is 12.5 Å². The van der Waals surface area contributed by atoms with Gasteiger partial charge in [-0.2, -0.15) is 8.78 Å². The van der Waals surface area contributed by atoms with E-state index >= 15 is 0 Å². The molecule has 0 saturated heterocycles. The van der Waals surface area contributed by atoms with Crippen molar-refractivity contribution in [3.05, 3.63) is 70.8 Å². The molecule has 30 heavy (non-hydrogen) atoms. The molecule has 0 amide bonds. The monoisotopic (exact) mass is 444 g/mol. The maximum absolute atomic E-state index is 14.3. The van der Waals surface area contributed by atoms with Gasteiger partial charge in [-0.15, -0.1) is 13.2 Å². The van der Waals surface area contributed by atoms with Crippen molar-refractivity contribution in [3.63, 3.8) is 0 Å². The van der Waals surface area contributed by atoms with Crippen molar-refractivity contribution < 1.29 is 49.0 Å². The molecule has 2 aromatic rings. The first-order valence-corrected chi connectivity index (χ1v) is 8.25. The molecule has 0 aliphatic rings. The van der Waals surface area contributed by atoms with E-state index in [0.717, 1.165) is 0 Å². The fourth-order valence-electron chi connectivity index (χ4n) is 2.47. The topological polar surface area (TPSA) is 18.5 Å². The van der Waals surface area contributed by atoms with Gasteiger partial charge in [0.05, 0.1) is 0 Å². The summed E-state index contributed by atoms with van der Waals surface area (Å²) >= 11 is 0. The molecule has 164 valence electrons. The van der Waals surface area contributed by atoms with Gasteiger partial charge in [0.25, 0.3) is 0 Å². The van der Waals surface area contributed by atoms with Crippen LogP contribution in [0.3, 0.4) is 0 Å². The average molecular weight is 444 g/mol. The van der Waals surface area contributed by atoms with Gasteiger partial charge in [-0.05, 0) is 37.5 Å². The summed E-state index contributed by atoms with van der Waals surface area (Å²) in [6.45, 7) is 1.72. The predicted octanol–water partition coefficient (Wildman–Crippen LogP) is 6.78. The second-order valence-corrected chi connectivity index (χ2v) is 5.92. The van der Waals surface area contributed by atoms with Gasteiger partial charge in [0.15, 0.2) is 11.6 Å².